The Labute approximate surface area is 57.5 Å². The summed E-state index contributed by atoms with van der Waals surface area (Å²) in [6, 6.07) is 0. The van der Waals surface area contributed by atoms with Gasteiger partial charge in [0.15, 0.2) is 0 Å². The topological polar surface area (TPSA) is 23.8 Å². The van der Waals surface area contributed by atoms with Crippen LogP contribution in [0.5, 0.6) is 0 Å². The first kappa shape index (κ1) is 6.34. The van der Waals surface area contributed by atoms with Gasteiger partial charge in [-0.1, -0.05) is 0 Å². The van der Waals surface area contributed by atoms with Gasteiger partial charge < -0.3 is 0 Å². The third-order valence-electron chi connectivity index (χ3n) is 1.34. The van der Waals surface area contributed by atoms with Crippen molar-refractivity contribution < 1.29 is 0 Å². The van der Waals surface area contributed by atoms with Gasteiger partial charge in [-0.3, -0.25) is 0 Å². The van der Waals surface area contributed by atoms with Crippen molar-refractivity contribution in [2.24, 2.45) is 0 Å². The molecule has 46 valence electrons. The molecule has 0 radical (unpaired) electrons. The van der Waals surface area contributed by atoms with Crippen LogP contribution >= 0.6 is 19.8 Å². The quantitative estimate of drug-likeness (QED) is 0.456. The third-order valence-corrected chi connectivity index (χ3v) is 6.16. The van der Waals surface area contributed by atoms with Crippen molar-refractivity contribution in [3.8, 4) is 4.08 Å². The molecule has 0 aromatic carbocycles. The maximum absolute atomic E-state index is 8.51. The molecule has 0 atom stereocenters. The first-order valence-corrected chi connectivity index (χ1v) is 7.08. The number of halogens is 1. The molecule has 0 spiro atoms. The Bertz CT molecular complexity index is 99.6. The van der Waals surface area contributed by atoms with Crippen LogP contribution in [0.25, 0.3) is 0 Å². The van der Waals surface area contributed by atoms with Crippen molar-refractivity contribution >= 4 is 19.8 Å². The molecule has 0 aromatic rings. The van der Waals surface area contributed by atoms with Gasteiger partial charge in [0.2, 0.25) is 0 Å². The van der Waals surface area contributed by atoms with E-state index >= 15 is 0 Å². The van der Waals surface area contributed by atoms with E-state index in [-0.39, 0.29) is 0 Å². The molecule has 0 aliphatic carbocycles. The van der Waals surface area contributed by atoms with Crippen molar-refractivity contribution in [1.29, 1.82) is 5.26 Å². The van der Waals surface area contributed by atoms with Gasteiger partial charge in [0.05, 0.1) is 0 Å². The zero-order chi connectivity index (χ0) is 5.82. The van der Waals surface area contributed by atoms with E-state index in [2.05, 4.69) is 4.08 Å². The minimum absolute atomic E-state index is 0.952. The average Bonchev–Trinajstić information content (AvgIpc) is 1.90. The Hall–Kier alpha value is 0.220. The number of alkyl halides is 2. The molecule has 0 bridgehead atoms. The summed E-state index contributed by atoms with van der Waals surface area (Å²) in [5.74, 6) is 0. The molecule has 0 saturated carbocycles. The predicted molar refractivity (Wildman–Crippen MR) is 43.2 cm³/mol. The fourth-order valence-corrected chi connectivity index (χ4v) is 4.81. The van der Waals surface area contributed by atoms with E-state index in [1.54, 1.807) is 0 Å². The third kappa shape index (κ3) is 1.62. The molecule has 1 rings (SSSR count). The van der Waals surface area contributed by atoms with Crippen LogP contribution in [0, 0.1) is 9.34 Å². The monoisotopic (exact) mass is 223 g/mol. The van der Waals surface area contributed by atoms with Crippen LogP contribution in [0.1, 0.15) is 19.3 Å². The summed E-state index contributed by atoms with van der Waals surface area (Å²) in [7, 11) is 0. The van der Waals surface area contributed by atoms with E-state index in [0.29, 0.717) is 0 Å². The zero-order valence-corrected chi connectivity index (χ0v) is 7.02. The van der Waals surface area contributed by atoms with Gasteiger partial charge in [-0.25, -0.2) is 0 Å². The molecule has 1 aliphatic rings. The van der Waals surface area contributed by atoms with Gasteiger partial charge in [-0.15, -0.1) is 0 Å². The van der Waals surface area contributed by atoms with Crippen LogP contribution in [-0.4, -0.2) is 8.86 Å². The SMILES string of the molecule is N#CI1CCCCC1. The number of hydrogen-bond acceptors (Lipinski definition) is 1. The van der Waals surface area contributed by atoms with Crippen molar-refractivity contribution in [3.63, 3.8) is 0 Å². The summed E-state index contributed by atoms with van der Waals surface area (Å²) in [5, 5.41) is 8.51. The molecular weight excluding hydrogens is 213 g/mol. The summed E-state index contributed by atoms with van der Waals surface area (Å²) in [4.78, 5) is 0. The van der Waals surface area contributed by atoms with E-state index in [9.17, 15) is 0 Å². The van der Waals surface area contributed by atoms with Crippen molar-refractivity contribution in [1.82, 2.24) is 0 Å². The van der Waals surface area contributed by atoms with Gasteiger partial charge in [0.25, 0.3) is 0 Å². The van der Waals surface area contributed by atoms with E-state index in [4.69, 9.17) is 5.26 Å². The molecule has 1 nitrogen and oxygen atoms in total. The Kier molecular flexibility index (Phi) is 2.60. The molecule has 1 fully saturated rings. The Morgan fingerprint density at radius 1 is 1.12 bits per heavy atom. The molecule has 0 N–H and O–H groups in total. The predicted octanol–water partition coefficient (Wildman–Crippen LogP) is 2.16. The van der Waals surface area contributed by atoms with Crippen LogP contribution in [0.4, 0.5) is 0 Å². The minimum atomic E-state index is -0.952. The van der Waals surface area contributed by atoms with Crippen LogP contribution in [0.3, 0.4) is 0 Å². The Morgan fingerprint density at radius 3 is 2.12 bits per heavy atom. The van der Waals surface area contributed by atoms with Crippen LogP contribution in [0.15, 0.2) is 0 Å². The molecular formula is C6H10IN. The van der Waals surface area contributed by atoms with Gasteiger partial charge in [-0.2, -0.15) is 0 Å². The summed E-state index contributed by atoms with van der Waals surface area (Å²) >= 11 is -0.952. The van der Waals surface area contributed by atoms with Crippen LogP contribution in [0.2, 0.25) is 0 Å². The molecule has 1 heterocycles. The van der Waals surface area contributed by atoms with Crippen molar-refractivity contribution in [2.45, 2.75) is 19.3 Å². The average molecular weight is 223 g/mol. The van der Waals surface area contributed by atoms with Gasteiger partial charge in [0, 0.05) is 0 Å². The fraction of sp³-hybridized carbons (Fsp3) is 0.833. The number of hydrogen-bond donors (Lipinski definition) is 0. The molecule has 2 heteroatoms. The summed E-state index contributed by atoms with van der Waals surface area (Å²) in [5.41, 5.74) is 0. The molecule has 0 amide bonds. The fourth-order valence-electron chi connectivity index (χ4n) is 0.867. The number of nitrogens with zero attached hydrogens (tertiary/aromatic N) is 1. The van der Waals surface area contributed by atoms with E-state index in [1.165, 1.54) is 28.1 Å². The number of nitriles is 1. The van der Waals surface area contributed by atoms with Gasteiger partial charge >= 0.3 is 57.3 Å². The Balaban J connectivity index is 2.25. The summed E-state index contributed by atoms with van der Waals surface area (Å²) in [6.45, 7) is 0. The van der Waals surface area contributed by atoms with Crippen molar-refractivity contribution in [2.75, 3.05) is 8.86 Å². The standard InChI is InChI=1S/C6H10IN/c8-6-7-4-2-1-3-5-7/h1-5H2. The maximum atomic E-state index is 8.51. The summed E-state index contributed by atoms with van der Waals surface area (Å²) < 4.78 is 5.07. The molecule has 0 aromatic heterocycles. The molecule has 0 unspecified atom stereocenters. The second kappa shape index (κ2) is 3.29. The first-order valence-electron chi connectivity index (χ1n) is 2.95. The zero-order valence-electron chi connectivity index (χ0n) is 4.86. The first-order chi connectivity index (χ1) is 3.93. The van der Waals surface area contributed by atoms with E-state index in [1.807, 2.05) is 0 Å². The van der Waals surface area contributed by atoms with Crippen LogP contribution < -0.4 is 0 Å². The van der Waals surface area contributed by atoms with Crippen LogP contribution in [-0.2, 0) is 0 Å². The van der Waals surface area contributed by atoms with Gasteiger partial charge in [-0.05, 0) is 0 Å². The Morgan fingerprint density at radius 2 is 1.75 bits per heavy atom. The molecule has 8 heavy (non-hydrogen) atoms. The number of rotatable bonds is 0. The van der Waals surface area contributed by atoms with Gasteiger partial charge in [0.1, 0.15) is 0 Å². The van der Waals surface area contributed by atoms with Crippen molar-refractivity contribution in [3.05, 3.63) is 0 Å². The summed E-state index contributed by atoms with van der Waals surface area (Å²) in [6.07, 6.45) is 4.08. The second-order valence-electron chi connectivity index (χ2n) is 1.98. The van der Waals surface area contributed by atoms with E-state index in [0.717, 1.165) is 0 Å². The molecule has 1 saturated heterocycles. The normalized spacial score (nSPS) is 24.6. The second-order valence-corrected chi connectivity index (χ2v) is 7.22. The molecule has 1 aliphatic heterocycles. The van der Waals surface area contributed by atoms with E-state index < -0.39 is 19.8 Å².